The molecule has 20 heavy (non-hydrogen) atoms. The largest absolute Gasteiger partial charge is 0.389 e. The van der Waals surface area contributed by atoms with Crippen LogP contribution in [0.15, 0.2) is 24.3 Å². The second-order valence-electron chi connectivity index (χ2n) is 6.66. The van der Waals surface area contributed by atoms with Crippen molar-refractivity contribution in [1.82, 2.24) is 9.78 Å². The second-order valence-corrected chi connectivity index (χ2v) is 6.66. The Labute approximate surface area is 120 Å². The minimum absolute atomic E-state index is 0.347. The Morgan fingerprint density at radius 3 is 2.85 bits per heavy atom. The molecule has 1 N–H and O–H groups in total. The highest BCUT2D eigenvalue weighted by Crippen LogP contribution is 2.39. The summed E-state index contributed by atoms with van der Waals surface area (Å²) in [6.07, 6.45) is 3.90. The van der Waals surface area contributed by atoms with E-state index in [1.54, 1.807) is 0 Å². The predicted octanol–water partition coefficient (Wildman–Crippen LogP) is 3.30. The number of aromatic nitrogens is 2. The third-order valence-electron chi connectivity index (χ3n) is 5.02. The Bertz CT molecular complexity index is 618. The van der Waals surface area contributed by atoms with Gasteiger partial charge in [-0.2, -0.15) is 5.10 Å². The Morgan fingerprint density at radius 1 is 1.30 bits per heavy atom. The van der Waals surface area contributed by atoms with Gasteiger partial charge in [0.05, 0.1) is 16.8 Å². The van der Waals surface area contributed by atoms with E-state index < -0.39 is 5.60 Å². The fourth-order valence-corrected chi connectivity index (χ4v) is 3.67. The van der Waals surface area contributed by atoms with Crippen LogP contribution in [0.1, 0.15) is 38.8 Å². The molecule has 3 heteroatoms. The summed E-state index contributed by atoms with van der Waals surface area (Å²) in [6, 6.07) is 8.28. The van der Waals surface area contributed by atoms with Crippen molar-refractivity contribution >= 4 is 10.9 Å². The molecular weight excluding hydrogens is 248 g/mol. The topological polar surface area (TPSA) is 38.1 Å². The van der Waals surface area contributed by atoms with Crippen LogP contribution in [0.25, 0.3) is 10.9 Å². The van der Waals surface area contributed by atoms with Crippen molar-refractivity contribution in [2.24, 2.45) is 18.9 Å². The lowest BCUT2D eigenvalue weighted by atomic mass is 9.70. The third kappa shape index (κ3) is 2.24. The van der Waals surface area contributed by atoms with Gasteiger partial charge >= 0.3 is 0 Å². The van der Waals surface area contributed by atoms with Crippen LogP contribution >= 0.6 is 0 Å². The normalized spacial score (nSPS) is 30.8. The molecule has 2 aromatic rings. The quantitative estimate of drug-likeness (QED) is 0.911. The molecule has 1 saturated carbocycles. The first-order chi connectivity index (χ1) is 9.49. The van der Waals surface area contributed by atoms with Crippen molar-refractivity contribution in [3.8, 4) is 0 Å². The highest BCUT2D eigenvalue weighted by atomic mass is 16.3. The van der Waals surface area contributed by atoms with Crippen molar-refractivity contribution in [3.05, 3.63) is 30.0 Å². The van der Waals surface area contributed by atoms with Crippen LogP contribution < -0.4 is 0 Å². The summed E-state index contributed by atoms with van der Waals surface area (Å²) < 4.78 is 1.92. The van der Waals surface area contributed by atoms with Gasteiger partial charge in [-0.15, -0.1) is 0 Å². The van der Waals surface area contributed by atoms with Gasteiger partial charge in [0.25, 0.3) is 0 Å². The molecule has 0 spiro atoms. The molecule has 1 heterocycles. The lowest BCUT2D eigenvalue weighted by Crippen LogP contribution is -2.43. The summed E-state index contributed by atoms with van der Waals surface area (Å²) in [4.78, 5) is 0. The average molecular weight is 272 g/mol. The number of hydrogen-bond acceptors (Lipinski definition) is 2. The zero-order valence-electron chi connectivity index (χ0n) is 12.6. The molecule has 3 atom stereocenters. The van der Waals surface area contributed by atoms with Crippen LogP contribution in [0, 0.1) is 11.8 Å². The molecule has 1 aliphatic rings. The van der Waals surface area contributed by atoms with Gasteiger partial charge in [-0.25, -0.2) is 0 Å². The summed E-state index contributed by atoms with van der Waals surface area (Å²) in [7, 11) is 1.98. The summed E-state index contributed by atoms with van der Waals surface area (Å²) in [6.45, 7) is 4.42. The minimum atomic E-state index is -0.602. The standard InChI is InChI=1S/C17H24N2O/c1-12-8-9-13(2)17(20,10-12)11-15-14-6-4-5-7-16(14)19(3)18-15/h4-7,12-13,20H,8-11H2,1-3H3. The van der Waals surface area contributed by atoms with E-state index in [-0.39, 0.29) is 0 Å². The SMILES string of the molecule is CC1CCC(C)C(O)(Cc2nn(C)c3ccccc23)C1. The molecular formula is C17H24N2O. The molecule has 3 unspecified atom stereocenters. The summed E-state index contributed by atoms with van der Waals surface area (Å²) in [5, 5.41) is 16.9. The summed E-state index contributed by atoms with van der Waals surface area (Å²) in [5.74, 6) is 0.950. The first-order valence-corrected chi connectivity index (χ1v) is 7.62. The van der Waals surface area contributed by atoms with Crippen LogP contribution in [-0.4, -0.2) is 20.5 Å². The van der Waals surface area contributed by atoms with Crippen LogP contribution in [0.5, 0.6) is 0 Å². The zero-order valence-corrected chi connectivity index (χ0v) is 12.6. The van der Waals surface area contributed by atoms with Gasteiger partial charge in [-0.05, 0) is 30.7 Å². The molecule has 0 aliphatic heterocycles. The van der Waals surface area contributed by atoms with Gasteiger partial charge < -0.3 is 5.11 Å². The van der Waals surface area contributed by atoms with E-state index in [9.17, 15) is 5.11 Å². The molecule has 1 aromatic carbocycles. The van der Waals surface area contributed by atoms with Gasteiger partial charge in [0.15, 0.2) is 0 Å². The van der Waals surface area contributed by atoms with Crippen molar-refractivity contribution in [2.75, 3.05) is 0 Å². The molecule has 0 amide bonds. The lowest BCUT2D eigenvalue weighted by Gasteiger charge is -2.40. The Balaban J connectivity index is 1.96. The van der Waals surface area contributed by atoms with Crippen LogP contribution in [0.4, 0.5) is 0 Å². The molecule has 3 rings (SSSR count). The van der Waals surface area contributed by atoms with Crippen LogP contribution in [0.3, 0.4) is 0 Å². The third-order valence-corrected chi connectivity index (χ3v) is 5.02. The number of nitrogens with zero attached hydrogens (tertiary/aromatic N) is 2. The van der Waals surface area contributed by atoms with E-state index in [0.29, 0.717) is 18.3 Å². The molecule has 1 fully saturated rings. The van der Waals surface area contributed by atoms with E-state index in [2.05, 4.69) is 31.1 Å². The van der Waals surface area contributed by atoms with Crippen LogP contribution in [0.2, 0.25) is 0 Å². The zero-order chi connectivity index (χ0) is 14.3. The van der Waals surface area contributed by atoms with Gasteiger partial charge in [0.1, 0.15) is 0 Å². The van der Waals surface area contributed by atoms with Crippen LogP contribution in [-0.2, 0) is 13.5 Å². The van der Waals surface area contributed by atoms with Crippen molar-refractivity contribution in [1.29, 1.82) is 0 Å². The Kier molecular flexibility index (Phi) is 3.33. The van der Waals surface area contributed by atoms with E-state index in [1.807, 2.05) is 23.9 Å². The van der Waals surface area contributed by atoms with Gasteiger partial charge in [-0.1, -0.05) is 38.5 Å². The van der Waals surface area contributed by atoms with Gasteiger partial charge in [-0.3, -0.25) is 4.68 Å². The Hall–Kier alpha value is -1.35. The maximum absolute atomic E-state index is 11.1. The van der Waals surface area contributed by atoms with Crippen molar-refractivity contribution in [3.63, 3.8) is 0 Å². The number of aryl methyl sites for hydroxylation is 1. The first-order valence-electron chi connectivity index (χ1n) is 7.62. The van der Waals surface area contributed by atoms with E-state index in [4.69, 9.17) is 0 Å². The fourth-order valence-electron chi connectivity index (χ4n) is 3.67. The number of para-hydroxylation sites is 1. The maximum atomic E-state index is 11.1. The van der Waals surface area contributed by atoms with Gasteiger partial charge in [0, 0.05) is 18.9 Å². The minimum Gasteiger partial charge on any atom is -0.389 e. The molecule has 108 valence electrons. The average Bonchev–Trinajstić information content (AvgIpc) is 2.72. The summed E-state index contributed by atoms with van der Waals surface area (Å²) in [5.41, 5.74) is 1.57. The summed E-state index contributed by atoms with van der Waals surface area (Å²) >= 11 is 0. The smallest absolute Gasteiger partial charge is 0.0731 e. The number of rotatable bonds is 2. The molecule has 3 nitrogen and oxygen atoms in total. The predicted molar refractivity (Wildman–Crippen MR) is 81.5 cm³/mol. The van der Waals surface area contributed by atoms with Crippen molar-refractivity contribution < 1.29 is 5.11 Å². The van der Waals surface area contributed by atoms with E-state index in [0.717, 1.165) is 24.1 Å². The molecule has 0 radical (unpaired) electrons. The van der Waals surface area contributed by atoms with E-state index >= 15 is 0 Å². The fraction of sp³-hybridized carbons (Fsp3) is 0.588. The molecule has 0 bridgehead atoms. The highest BCUT2D eigenvalue weighted by molar-refractivity contribution is 5.81. The number of benzene rings is 1. The lowest BCUT2D eigenvalue weighted by molar-refractivity contribution is -0.0565. The van der Waals surface area contributed by atoms with Gasteiger partial charge in [0.2, 0.25) is 0 Å². The molecule has 0 saturated heterocycles. The second kappa shape index (κ2) is 4.88. The first kappa shape index (κ1) is 13.6. The highest BCUT2D eigenvalue weighted by Gasteiger charge is 2.39. The molecule has 1 aromatic heterocycles. The number of aliphatic hydroxyl groups is 1. The maximum Gasteiger partial charge on any atom is 0.0731 e. The Morgan fingerprint density at radius 2 is 2.05 bits per heavy atom. The number of hydrogen-bond donors (Lipinski definition) is 1. The monoisotopic (exact) mass is 272 g/mol. The molecule has 1 aliphatic carbocycles. The van der Waals surface area contributed by atoms with Crippen molar-refractivity contribution in [2.45, 2.75) is 45.1 Å². The number of fused-ring (bicyclic) bond motifs is 1. The van der Waals surface area contributed by atoms with E-state index in [1.165, 1.54) is 11.8 Å².